The van der Waals surface area contributed by atoms with E-state index in [9.17, 15) is 18.4 Å². The van der Waals surface area contributed by atoms with Gasteiger partial charge in [-0.25, -0.2) is 8.78 Å². The monoisotopic (exact) mass is 433 g/mol. The van der Waals surface area contributed by atoms with E-state index in [1.54, 1.807) is 4.90 Å². The minimum absolute atomic E-state index is 0.0495. The number of hydrogen-bond donors (Lipinski definition) is 1. The number of nitrogens with zero attached hydrogens (tertiary/aromatic N) is 2. The molecule has 2 aromatic rings. The third-order valence-electron chi connectivity index (χ3n) is 5.71. The van der Waals surface area contributed by atoms with Crippen molar-refractivity contribution in [1.29, 1.82) is 0 Å². The Morgan fingerprint density at radius 1 is 1.13 bits per heavy atom. The normalized spacial score (nSPS) is 18.5. The number of nitrogens with one attached hydrogen (secondary N) is 1. The van der Waals surface area contributed by atoms with Crippen LogP contribution in [-0.2, 0) is 22.4 Å². The summed E-state index contributed by atoms with van der Waals surface area (Å²) in [6.07, 6.45) is 0.933. The van der Waals surface area contributed by atoms with Crippen LogP contribution < -0.4 is 10.2 Å². The summed E-state index contributed by atoms with van der Waals surface area (Å²) < 4.78 is 27.6. The number of hydrogen-bond acceptors (Lipinski definition) is 4. The van der Waals surface area contributed by atoms with Crippen LogP contribution in [0.25, 0.3) is 0 Å². The molecule has 1 saturated heterocycles. The van der Waals surface area contributed by atoms with E-state index in [2.05, 4.69) is 5.32 Å². The van der Waals surface area contributed by atoms with Crippen molar-refractivity contribution in [3.8, 4) is 0 Å². The highest BCUT2D eigenvalue weighted by molar-refractivity contribution is 6.31. The molecule has 0 aromatic heterocycles. The van der Waals surface area contributed by atoms with Crippen LogP contribution in [0.1, 0.15) is 18.1 Å². The predicted molar refractivity (Wildman–Crippen MR) is 112 cm³/mol. The first-order valence-electron chi connectivity index (χ1n) is 9.88. The summed E-state index contributed by atoms with van der Waals surface area (Å²) >= 11 is 5.57. The summed E-state index contributed by atoms with van der Waals surface area (Å²) in [6, 6.07) is 8.08. The fourth-order valence-electron chi connectivity index (χ4n) is 4.13. The van der Waals surface area contributed by atoms with E-state index < -0.39 is 16.7 Å². The van der Waals surface area contributed by atoms with E-state index in [0.29, 0.717) is 38.2 Å². The number of Topliss-reactive ketones (excluding diaryl/α,β-unsaturated/α-hetero) is 1. The highest BCUT2D eigenvalue weighted by Gasteiger charge is 2.28. The number of carbonyl (C=O) groups is 2. The van der Waals surface area contributed by atoms with E-state index in [1.165, 1.54) is 12.1 Å². The first-order valence-corrected chi connectivity index (χ1v) is 10.3. The number of amides is 1. The Morgan fingerprint density at radius 3 is 2.53 bits per heavy atom. The zero-order valence-corrected chi connectivity index (χ0v) is 17.3. The molecule has 2 aromatic carbocycles. The van der Waals surface area contributed by atoms with Crippen LogP contribution >= 0.6 is 11.6 Å². The van der Waals surface area contributed by atoms with Crippen molar-refractivity contribution in [3.05, 3.63) is 58.1 Å². The molecular formula is C22H22ClF2N3O2. The second kappa shape index (κ2) is 8.22. The van der Waals surface area contributed by atoms with Crippen LogP contribution in [0.5, 0.6) is 0 Å². The molecule has 0 spiro atoms. The van der Waals surface area contributed by atoms with E-state index in [0.717, 1.165) is 16.8 Å². The lowest BCUT2D eigenvalue weighted by Gasteiger charge is -2.41. The lowest BCUT2D eigenvalue weighted by molar-refractivity contribution is -0.130. The quantitative estimate of drug-likeness (QED) is 0.750. The van der Waals surface area contributed by atoms with Crippen molar-refractivity contribution in [2.24, 2.45) is 0 Å². The van der Waals surface area contributed by atoms with Crippen LogP contribution in [0.15, 0.2) is 30.3 Å². The van der Waals surface area contributed by atoms with Crippen molar-refractivity contribution < 1.29 is 18.4 Å². The van der Waals surface area contributed by atoms with Crippen molar-refractivity contribution in [2.75, 3.05) is 36.4 Å². The minimum atomic E-state index is -0.794. The van der Waals surface area contributed by atoms with Gasteiger partial charge in [0.2, 0.25) is 5.91 Å². The molecule has 0 unspecified atom stereocenters. The number of carbonyl (C=O) groups excluding carboxylic acids is 2. The van der Waals surface area contributed by atoms with Gasteiger partial charge in [0, 0.05) is 49.9 Å². The van der Waals surface area contributed by atoms with E-state index in [4.69, 9.17) is 11.6 Å². The smallest absolute Gasteiger partial charge is 0.242 e. The van der Waals surface area contributed by atoms with Crippen molar-refractivity contribution in [1.82, 2.24) is 4.90 Å². The number of halogens is 3. The number of fused-ring (bicyclic) bond motifs is 1. The van der Waals surface area contributed by atoms with Gasteiger partial charge in [0.15, 0.2) is 0 Å². The molecule has 4 rings (SSSR count). The zero-order valence-electron chi connectivity index (χ0n) is 16.6. The topological polar surface area (TPSA) is 52.7 Å². The molecule has 1 atom stereocenters. The van der Waals surface area contributed by atoms with Crippen molar-refractivity contribution >= 4 is 34.7 Å². The molecule has 1 amide bonds. The number of piperazine rings is 1. The Bertz CT molecular complexity index is 991. The van der Waals surface area contributed by atoms with Gasteiger partial charge >= 0.3 is 0 Å². The molecule has 2 aliphatic rings. The molecule has 0 saturated carbocycles. The van der Waals surface area contributed by atoms with Gasteiger partial charge in [-0.1, -0.05) is 17.7 Å². The lowest BCUT2D eigenvalue weighted by Crippen LogP contribution is -2.54. The fourth-order valence-corrected chi connectivity index (χ4v) is 4.23. The molecule has 0 bridgehead atoms. The molecule has 158 valence electrons. The van der Waals surface area contributed by atoms with Gasteiger partial charge in [-0.05, 0) is 42.3 Å². The first-order chi connectivity index (χ1) is 14.3. The molecule has 8 heteroatoms. The summed E-state index contributed by atoms with van der Waals surface area (Å²) in [5.41, 5.74) is 3.30. The van der Waals surface area contributed by atoms with E-state index in [-0.39, 0.29) is 24.3 Å². The average molecular weight is 434 g/mol. The number of ketones is 1. The van der Waals surface area contributed by atoms with Gasteiger partial charge in [0.05, 0.1) is 6.54 Å². The highest BCUT2D eigenvalue weighted by Crippen LogP contribution is 2.28. The summed E-state index contributed by atoms with van der Waals surface area (Å²) in [4.78, 5) is 27.8. The molecule has 1 heterocycles. The minimum Gasteiger partial charge on any atom is -0.376 e. The van der Waals surface area contributed by atoms with E-state index in [1.807, 2.05) is 30.0 Å². The van der Waals surface area contributed by atoms with Crippen LogP contribution in [0, 0.1) is 11.6 Å². The van der Waals surface area contributed by atoms with Gasteiger partial charge in [-0.3, -0.25) is 9.59 Å². The molecule has 5 nitrogen and oxygen atoms in total. The molecule has 1 aliphatic carbocycles. The van der Waals surface area contributed by atoms with Crippen LogP contribution in [0.2, 0.25) is 5.02 Å². The Balaban J connectivity index is 1.35. The first kappa shape index (κ1) is 20.6. The second-order valence-corrected chi connectivity index (χ2v) is 8.21. The largest absolute Gasteiger partial charge is 0.376 e. The lowest BCUT2D eigenvalue weighted by atomic mass is 10.1. The maximum Gasteiger partial charge on any atom is 0.242 e. The Morgan fingerprint density at radius 2 is 1.83 bits per heavy atom. The molecule has 1 fully saturated rings. The van der Waals surface area contributed by atoms with Crippen LogP contribution in [0.3, 0.4) is 0 Å². The third-order valence-corrected chi connectivity index (χ3v) is 6.07. The molecular weight excluding hydrogens is 412 g/mol. The highest BCUT2D eigenvalue weighted by atomic mass is 35.5. The Hall–Kier alpha value is -2.67. The van der Waals surface area contributed by atoms with Crippen molar-refractivity contribution in [3.63, 3.8) is 0 Å². The van der Waals surface area contributed by atoms with Crippen LogP contribution in [0.4, 0.5) is 20.2 Å². The van der Waals surface area contributed by atoms with Gasteiger partial charge in [0.1, 0.15) is 22.4 Å². The maximum absolute atomic E-state index is 13.8. The molecule has 0 radical (unpaired) electrons. The van der Waals surface area contributed by atoms with E-state index >= 15 is 0 Å². The summed E-state index contributed by atoms with van der Waals surface area (Å²) in [6.45, 7) is 3.42. The Kier molecular flexibility index (Phi) is 5.64. The SMILES string of the molecule is C[C@@H]1CN(C(=O)CNc2ccc3c(c2)CC(=O)C3)CCN1c1cc(F)c(Cl)c(F)c1. The van der Waals surface area contributed by atoms with Gasteiger partial charge in [-0.2, -0.15) is 0 Å². The predicted octanol–water partition coefficient (Wildman–Crippen LogP) is 3.44. The maximum atomic E-state index is 13.8. The summed E-state index contributed by atoms with van der Waals surface area (Å²) in [5.74, 6) is -1.42. The van der Waals surface area contributed by atoms with Gasteiger partial charge < -0.3 is 15.1 Å². The number of anilines is 2. The number of rotatable bonds is 4. The van der Waals surface area contributed by atoms with Crippen LogP contribution in [-0.4, -0.2) is 48.8 Å². The van der Waals surface area contributed by atoms with Gasteiger partial charge in [0.25, 0.3) is 0 Å². The second-order valence-electron chi connectivity index (χ2n) is 7.83. The summed E-state index contributed by atoms with van der Waals surface area (Å²) in [7, 11) is 0. The average Bonchev–Trinajstić information content (AvgIpc) is 3.09. The summed E-state index contributed by atoms with van der Waals surface area (Å²) in [5, 5.41) is 2.62. The molecule has 1 aliphatic heterocycles. The number of benzene rings is 2. The standard InChI is InChI=1S/C22H22ClF2N3O2/c1-13-12-27(4-5-28(13)17-9-19(24)22(23)20(25)10-17)21(30)11-26-16-3-2-14-7-18(29)8-15(14)6-16/h2-3,6,9-10,13,26H,4-5,7-8,11-12H2,1H3/t13-/m1/s1. The van der Waals surface area contributed by atoms with Gasteiger partial charge in [-0.15, -0.1) is 0 Å². The zero-order chi connectivity index (χ0) is 21.4. The fraction of sp³-hybridized carbons (Fsp3) is 0.364. The molecule has 1 N–H and O–H groups in total. The van der Waals surface area contributed by atoms with Crippen molar-refractivity contribution in [2.45, 2.75) is 25.8 Å². The third kappa shape index (κ3) is 4.12. The molecule has 30 heavy (non-hydrogen) atoms. The Labute approximate surface area is 178 Å².